The van der Waals surface area contributed by atoms with E-state index in [4.69, 9.17) is 4.74 Å². The number of ether oxygens (including phenoxy) is 1. The van der Waals surface area contributed by atoms with Gasteiger partial charge in [0.2, 0.25) is 5.91 Å². The van der Waals surface area contributed by atoms with Crippen LogP contribution < -0.4 is 5.56 Å². The number of hydrogen-bond donors (Lipinski definition) is 1. The first kappa shape index (κ1) is 17.7. The van der Waals surface area contributed by atoms with Crippen LogP contribution in [0.1, 0.15) is 12.1 Å². The Morgan fingerprint density at radius 2 is 2.40 bits per heavy atom. The quantitative estimate of drug-likeness (QED) is 0.620. The van der Waals surface area contributed by atoms with Crippen molar-refractivity contribution in [1.82, 2.24) is 24.6 Å². The van der Waals surface area contributed by atoms with Crippen molar-refractivity contribution in [3.8, 4) is 0 Å². The normalized spacial score (nSPS) is 18.1. The van der Waals surface area contributed by atoms with Crippen LogP contribution in [-0.4, -0.2) is 62.1 Å². The third kappa shape index (κ3) is 5.17. The highest BCUT2D eigenvalue weighted by molar-refractivity contribution is 7.99. The minimum atomic E-state index is -0.204. The monoisotopic (exact) mass is 363 g/mol. The molecule has 1 aliphatic heterocycles. The summed E-state index contributed by atoms with van der Waals surface area (Å²) in [6, 6.07) is 3.30. The average molecular weight is 363 g/mol. The molecule has 3 heterocycles. The van der Waals surface area contributed by atoms with Gasteiger partial charge in [0.15, 0.2) is 5.16 Å². The zero-order chi connectivity index (χ0) is 17.6. The molecule has 1 amide bonds. The molecule has 1 atom stereocenters. The van der Waals surface area contributed by atoms with Gasteiger partial charge in [0.25, 0.3) is 5.56 Å². The SMILES string of the molecule is Cc1cc(=O)[nH]c(SCC(=O)N2CCCOC(Cn3cccn3)C2)n1. The van der Waals surface area contributed by atoms with Gasteiger partial charge in [0.1, 0.15) is 0 Å². The van der Waals surface area contributed by atoms with Crippen molar-refractivity contribution in [3.05, 3.63) is 40.6 Å². The largest absolute Gasteiger partial charge is 0.374 e. The summed E-state index contributed by atoms with van der Waals surface area (Å²) in [4.78, 5) is 32.7. The van der Waals surface area contributed by atoms with Crippen molar-refractivity contribution in [1.29, 1.82) is 0 Å². The molecule has 1 unspecified atom stereocenters. The number of carbonyl (C=O) groups excluding carboxylic acids is 1. The van der Waals surface area contributed by atoms with Gasteiger partial charge < -0.3 is 14.6 Å². The van der Waals surface area contributed by atoms with Crippen LogP contribution in [0, 0.1) is 6.92 Å². The molecule has 1 saturated heterocycles. The van der Waals surface area contributed by atoms with E-state index < -0.39 is 0 Å². The van der Waals surface area contributed by atoms with Crippen LogP contribution in [0.3, 0.4) is 0 Å². The minimum absolute atomic E-state index is 0.0186. The molecule has 25 heavy (non-hydrogen) atoms. The maximum Gasteiger partial charge on any atom is 0.251 e. The fourth-order valence-electron chi connectivity index (χ4n) is 2.69. The smallest absolute Gasteiger partial charge is 0.251 e. The number of carbonyl (C=O) groups is 1. The lowest BCUT2D eigenvalue weighted by Gasteiger charge is -2.23. The molecule has 2 aromatic rings. The molecule has 2 aromatic heterocycles. The zero-order valence-corrected chi connectivity index (χ0v) is 14.9. The third-order valence-electron chi connectivity index (χ3n) is 3.83. The second-order valence-corrected chi connectivity index (χ2v) is 6.86. The summed E-state index contributed by atoms with van der Waals surface area (Å²) >= 11 is 1.25. The Morgan fingerprint density at radius 1 is 1.52 bits per heavy atom. The van der Waals surface area contributed by atoms with E-state index in [1.165, 1.54) is 17.8 Å². The van der Waals surface area contributed by atoms with Crippen LogP contribution >= 0.6 is 11.8 Å². The Kier molecular flexibility index (Phi) is 5.87. The van der Waals surface area contributed by atoms with Crippen molar-refractivity contribution < 1.29 is 9.53 Å². The summed E-state index contributed by atoms with van der Waals surface area (Å²) in [5.74, 6) is 0.256. The topological polar surface area (TPSA) is 93.1 Å². The Balaban J connectivity index is 1.57. The summed E-state index contributed by atoms with van der Waals surface area (Å²) in [6.07, 6.45) is 4.35. The number of amides is 1. The standard InChI is InChI=1S/C16H21N5O3S/c1-12-8-14(22)19-16(18-12)25-11-15(23)20-5-3-7-24-13(9-20)10-21-6-2-4-17-21/h2,4,6,8,13H,3,5,7,9-11H2,1H3,(H,18,19,22). The van der Waals surface area contributed by atoms with Crippen molar-refractivity contribution in [2.24, 2.45) is 0 Å². The Bertz CT molecular complexity index is 761. The van der Waals surface area contributed by atoms with Crippen LogP contribution in [0.2, 0.25) is 0 Å². The van der Waals surface area contributed by atoms with E-state index in [-0.39, 0.29) is 23.3 Å². The highest BCUT2D eigenvalue weighted by Gasteiger charge is 2.23. The molecule has 9 heteroatoms. The van der Waals surface area contributed by atoms with E-state index in [1.807, 2.05) is 21.8 Å². The lowest BCUT2D eigenvalue weighted by atomic mass is 10.3. The van der Waals surface area contributed by atoms with Crippen LogP contribution in [0.25, 0.3) is 0 Å². The van der Waals surface area contributed by atoms with Gasteiger partial charge >= 0.3 is 0 Å². The number of hydrogen-bond acceptors (Lipinski definition) is 6. The van der Waals surface area contributed by atoms with E-state index >= 15 is 0 Å². The number of aromatic amines is 1. The lowest BCUT2D eigenvalue weighted by molar-refractivity contribution is -0.129. The molecule has 0 aliphatic carbocycles. The van der Waals surface area contributed by atoms with Crippen molar-refractivity contribution in [3.63, 3.8) is 0 Å². The molecule has 0 saturated carbocycles. The summed E-state index contributed by atoms with van der Waals surface area (Å²) in [5, 5.41) is 4.66. The number of aromatic nitrogens is 4. The van der Waals surface area contributed by atoms with Crippen molar-refractivity contribution in [2.75, 3.05) is 25.4 Å². The molecule has 0 spiro atoms. The van der Waals surface area contributed by atoms with Gasteiger partial charge in [-0.15, -0.1) is 0 Å². The van der Waals surface area contributed by atoms with Gasteiger partial charge in [-0.3, -0.25) is 14.3 Å². The fourth-order valence-corrected chi connectivity index (χ4v) is 3.51. The van der Waals surface area contributed by atoms with E-state index in [0.717, 1.165) is 6.42 Å². The summed E-state index contributed by atoms with van der Waals surface area (Å²) in [6.45, 7) is 4.23. The minimum Gasteiger partial charge on any atom is -0.374 e. The van der Waals surface area contributed by atoms with Gasteiger partial charge in [0.05, 0.1) is 18.4 Å². The second kappa shape index (κ2) is 8.30. The molecule has 0 radical (unpaired) electrons. The highest BCUT2D eigenvalue weighted by atomic mass is 32.2. The molecule has 1 N–H and O–H groups in total. The van der Waals surface area contributed by atoms with Gasteiger partial charge in [-0.2, -0.15) is 5.10 Å². The second-order valence-electron chi connectivity index (χ2n) is 5.89. The first-order chi connectivity index (χ1) is 12.1. The first-order valence-electron chi connectivity index (χ1n) is 8.18. The van der Waals surface area contributed by atoms with Crippen LogP contribution in [0.4, 0.5) is 0 Å². The van der Waals surface area contributed by atoms with Gasteiger partial charge in [-0.25, -0.2) is 4.98 Å². The first-order valence-corrected chi connectivity index (χ1v) is 9.16. The number of rotatable bonds is 5. The van der Waals surface area contributed by atoms with Crippen LogP contribution in [0.15, 0.2) is 34.5 Å². The molecule has 1 aliphatic rings. The lowest BCUT2D eigenvalue weighted by Crippen LogP contribution is -2.39. The molecule has 134 valence electrons. The van der Waals surface area contributed by atoms with Gasteiger partial charge in [0, 0.05) is 43.9 Å². The van der Waals surface area contributed by atoms with E-state index in [9.17, 15) is 9.59 Å². The Morgan fingerprint density at radius 3 is 3.16 bits per heavy atom. The fraction of sp³-hybridized carbons (Fsp3) is 0.500. The van der Waals surface area contributed by atoms with Gasteiger partial charge in [-0.05, 0) is 19.4 Å². The molecule has 8 nitrogen and oxygen atoms in total. The number of nitrogens with one attached hydrogen (secondary N) is 1. The molecular formula is C16H21N5O3S. The Labute approximate surface area is 149 Å². The summed E-state index contributed by atoms with van der Waals surface area (Å²) in [5.41, 5.74) is 0.436. The maximum absolute atomic E-state index is 12.5. The maximum atomic E-state index is 12.5. The molecule has 1 fully saturated rings. The zero-order valence-electron chi connectivity index (χ0n) is 14.1. The number of aryl methyl sites for hydroxylation is 1. The van der Waals surface area contributed by atoms with Crippen molar-refractivity contribution in [2.45, 2.75) is 31.1 Å². The van der Waals surface area contributed by atoms with E-state index in [2.05, 4.69) is 15.1 Å². The van der Waals surface area contributed by atoms with E-state index in [1.54, 1.807) is 13.1 Å². The third-order valence-corrected chi connectivity index (χ3v) is 4.69. The summed E-state index contributed by atoms with van der Waals surface area (Å²) in [7, 11) is 0. The van der Waals surface area contributed by atoms with Crippen LogP contribution in [-0.2, 0) is 16.1 Å². The predicted molar refractivity (Wildman–Crippen MR) is 93.5 cm³/mol. The molecule has 0 bridgehead atoms. The number of nitrogens with zero attached hydrogens (tertiary/aromatic N) is 4. The molecule has 3 rings (SSSR count). The number of H-pyrrole nitrogens is 1. The molecule has 0 aromatic carbocycles. The van der Waals surface area contributed by atoms with Crippen molar-refractivity contribution >= 4 is 17.7 Å². The average Bonchev–Trinajstić information content (AvgIpc) is 2.96. The summed E-state index contributed by atoms with van der Waals surface area (Å²) < 4.78 is 7.64. The Hall–Kier alpha value is -2.13. The highest BCUT2D eigenvalue weighted by Crippen LogP contribution is 2.14. The van der Waals surface area contributed by atoms with Crippen LogP contribution in [0.5, 0.6) is 0 Å². The number of thioether (sulfide) groups is 1. The predicted octanol–water partition coefficient (Wildman–Crippen LogP) is 0.685. The van der Waals surface area contributed by atoms with E-state index in [0.29, 0.717) is 37.1 Å². The van der Waals surface area contributed by atoms with Gasteiger partial charge in [-0.1, -0.05) is 11.8 Å². The molecular weight excluding hydrogens is 342 g/mol.